The predicted octanol–water partition coefficient (Wildman–Crippen LogP) is 17.3. The highest BCUT2D eigenvalue weighted by molar-refractivity contribution is 7.45. The summed E-state index contributed by atoms with van der Waals surface area (Å²) in [7, 11) is 1.25. The third-order valence-corrected chi connectivity index (χ3v) is 14.2. The Bertz CT molecular complexity index is 1260. The summed E-state index contributed by atoms with van der Waals surface area (Å²) in [6.45, 7) is 4.55. The molecule has 0 bridgehead atoms. The SMILES string of the molecule is CCCC/C=C/CC/C=C/C(O)C(COP(=O)([O-])OCC[N+](C)(C)C)NC(=O)CCCCCCCCCCCCCCCCCCCCCCCCCCCCC/C=C\C/C=C\CCCCCCC. The number of nitrogens with zero attached hydrogens (tertiary/aromatic N) is 1. The first kappa shape index (κ1) is 67.5. The van der Waals surface area contributed by atoms with Crippen LogP contribution in [0, 0.1) is 0 Å². The van der Waals surface area contributed by atoms with Crippen molar-refractivity contribution in [3.63, 3.8) is 0 Å². The lowest BCUT2D eigenvalue weighted by Crippen LogP contribution is -2.45. The highest BCUT2D eigenvalue weighted by atomic mass is 31.2. The average molecular weight is 992 g/mol. The van der Waals surface area contributed by atoms with Crippen molar-refractivity contribution in [1.29, 1.82) is 0 Å². The van der Waals surface area contributed by atoms with Crippen LogP contribution in [0.3, 0.4) is 0 Å². The molecule has 3 atom stereocenters. The van der Waals surface area contributed by atoms with Gasteiger partial charge in [-0.05, 0) is 57.8 Å². The highest BCUT2D eigenvalue weighted by Gasteiger charge is 2.23. The van der Waals surface area contributed by atoms with Crippen molar-refractivity contribution in [1.82, 2.24) is 5.32 Å². The highest BCUT2D eigenvalue weighted by Crippen LogP contribution is 2.38. The molecule has 0 aromatic rings. The van der Waals surface area contributed by atoms with Gasteiger partial charge in [0.25, 0.3) is 7.82 Å². The molecule has 0 fully saturated rings. The summed E-state index contributed by atoms with van der Waals surface area (Å²) in [5.41, 5.74) is 0. The summed E-state index contributed by atoms with van der Waals surface area (Å²) in [6, 6.07) is -0.899. The number of aliphatic hydroxyl groups is 1. The third-order valence-electron chi connectivity index (χ3n) is 13.3. The van der Waals surface area contributed by atoms with E-state index in [0.717, 1.165) is 44.9 Å². The van der Waals surface area contributed by atoms with Crippen molar-refractivity contribution < 1.29 is 32.9 Å². The minimum absolute atomic E-state index is 0.00589. The van der Waals surface area contributed by atoms with E-state index in [1.165, 1.54) is 212 Å². The second-order valence-corrected chi connectivity index (χ2v) is 22.8. The van der Waals surface area contributed by atoms with Gasteiger partial charge in [0, 0.05) is 6.42 Å². The molecule has 0 aliphatic rings. The van der Waals surface area contributed by atoms with Crippen LogP contribution in [0.5, 0.6) is 0 Å². The van der Waals surface area contributed by atoms with E-state index in [-0.39, 0.29) is 12.5 Å². The molecular weight excluding hydrogens is 876 g/mol. The number of amides is 1. The van der Waals surface area contributed by atoms with E-state index < -0.39 is 26.6 Å². The molecule has 69 heavy (non-hydrogen) atoms. The van der Waals surface area contributed by atoms with Gasteiger partial charge in [0.15, 0.2) is 0 Å². The van der Waals surface area contributed by atoms with Crippen molar-refractivity contribution >= 4 is 13.7 Å². The third kappa shape index (κ3) is 54.1. The molecule has 0 saturated heterocycles. The zero-order chi connectivity index (χ0) is 50.6. The van der Waals surface area contributed by atoms with Crippen molar-refractivity contribution in [2.45, 2.75) is 289 Å². The largest absolute Gasteiger partial charge is 0.756 e. The molecule has 0 radical (unpaired) electrons. The van der Waals surface area contributed by atoms with Crippen LogP contribution in [0.4, 0.5) is 0 Å². The van der Waals surface area contributed by atoms with Gasteiger partial charge in [-0.25, -0.2) is 0 Å². The summed E-state index contributed by atoms with van der Waals surface area (Å²) in [4.78, 5) is 25.3. The number of carbonyl (C=O) groups excluding carboxylic acids is 1. The molecule has 3 unspecified atom stereocenters. The van der Waals surface area contributed by atoms with Crippen molar-refractivity contribution in [2.24, 2.45) is 0 Å². The normalized spacial score (nSPS) is 14.2. The van der Waals surface area contributed by atoms with Crippen LogP contribution >= 0.6 is 7.82 Å². The van der Waals surface area contributed by atoms with E-state index in [1.807, 2.05) is 27.2 Å². The fraction of sp³-hybridized carbons (Fsp3) is 0.850. The van der Waals surface area contributed by atoms with E-state index in [1.54, 1.807) is 6.08 Å². The van der Waals surface area contributed by atoms with Crippen LogP contribution in [0.25, 0.3) is 0 Å². The van der Waals surface area contributed by atoms with Gasteiger partial charge in [-0.1, -0.05) is 262 Å². The topological polar surface area (TPSA) is 108 Å². The molecule has 0 spiro atoms. The number of hydrogen-bond acceptors (Lipinski definition) is 6. The van der Waals surface area contributed by atoms with Crippen LogP contribution < -0.4 is 10.2 Å². The molecular formula is C60H115N2O6P. The number of phosphoric ester groups is 1. The Morgan fingerprint density at radius 1 is 0.507 bits per heavy atom. The number of allylic oxidation sites excluding steroid dienone is 7. The number of unbranched alkanes of at least 4 members (excludes halogenated alkanes) is 35. The number of rotatable bonds is 54. The minimum Gasteiger partial charge on any atom is -0.756 e. The van der Waals surface area contributed by atoms with Gasteiger partial charge in [-0.15, -0.1) is 0 Å². The molecule has 1 amide bonds. The monoisotopic (exact) mass is 991 g/mol. The van der Waals surface area contributed by atoms with Gasteiger partial charge in [0.1, 0.15) is 13.2 Å². The lowest BCUT2D eigenvalue weighted by molar-refractivity contribution is -0.870. The molecule has 0 heterocycles. The number of nitrogens with one attached hydrogen (secondary N) is 1. The van der Waals surface area contributed by atoms with Crippen LogP contribution in [0.1, 0.15) is 277 Å². The van der Waals surface area contributed by atoms with E-state index >= 15 is 0 Å². The first-order chi connectivity index (χ1) is 33.5. The molecule has 0 aromatic carbocycles. The maximum atomic E-state index is 12.9. The van der Waals surface area contributed by atoms with E-state index in [9.17, 15) is 19.4 Å². The molecule has 0 aliphatic heterocycles. The molecule has 406 valence electrons. The number of carbonyl (C=O) groups is 1. The fourth-order valence-corrected chi connectivity index (χ4v) is 9.32. The second kappa shape index (κ2) is 51.4. The molecule has 0 aromatic heterocycles. The lowest BCUT2D eigenvalue weighted by atomic mass is 10.0. The zero-order valence-electron chi connectivity index (χ0n) is 46.3. The molecule has 0 rings (SSSR count). The Morgan fingerprint density at radius 3 is 1.30 bits per heavy atom. The van der Waals surface area contributed by atoms with Gasteiger partial charge < -0.3 is 28.8 Å². The average Bonchev–Trinajstić information content (AvgIpc) is 3.31. The number of aliphatic hydroxyl groups excluding tert-OH is 1. The number of hydrogen-bond donors (Lipinski definition) is 2. The minimum atomic E-state index is -4.59. The first-order valence-electron chi connectivity index (χ1n) is 29.5. The van der Waals surface area contributed by atoms with Gasteiger partial charge in [-0.2, -0.15) is 0 Å². The van der Waals surface area contributed by atoms with Crippen molar-refractivity contribution in [3.8, 4) is 0 Å². The number of phosphoric acid groups is 1. The van der Waals surface area contributed by atoms with Crippen molar-refractivity contribution in [3.05, 3.63) is 48.6 Å². The summed E-state index contributed by atoms with van der Waals surface area (Å²) >= 11 is 0. The molecule has 2 N–H and O–H groups in total. The van der Waals surface area contributed by atoms with Crippen LogP contribution in [-0.4, -0.2) is 68.5 Å². The van der Waals surface area contributed by atoms with E-state index in [4.69, 9.17) is 9.05 Å². The first-order valence-corrected chi connectivity index (χ1v) is 31.0. The van der Waals surface area contributed by atoms with Gasteiger partial charge in [-0.3, -0.25) is 9.36 Å². The lowest BCUT2D eigenvalue weighted by Gasteiger charge is -2.29. The Labute approximate surface area is 429 Å². The Hall–Kier alpha value is -1.54. The van der Waals surface area contributed by atoms with E-state index in [2.05, 4.69) is 55.6 Å². The van der Waals surface area contributed by atoms with Crippen molar-refractivity contribution in [2.75, 3.05) is 40.9 Å². The zero-order valence-corrected chi connectivity index (χ0v) is 47.2. The Kier molecular flexibility index (Phi) is 50.2. The maximum Gasteiger partial charge on any atom is 0.268 e. The summed E-state index contributed by atoms with van der Waals surface area (Å²) in [5, 5.41) is 13.7. The van der Waals surface area contributed by atoms with Crippen LogP contribution in [-0.2, 0) is 18.4 Å². The smallest absolute Gasteiger partial charge is 0.268 e. The fourth-order valence-electron chi connectivity index (χ4n) is 8.60. The quantitative estimate of drug-likeness (QED) is 0.0272. The number of quaternary nitrogens is 1. The number of likely N-dealkylation sites (N-methyl/N-ethyl adjacent to an activating group) is 1. The summed E-state index contributed by atoms with van der Waals surface area (Å²) in [5.74, 6) is -0.207. The second-order valence-electron chi connectivity index (χ2n) is 21.3. The summed E-state index contributed by atoms with van der Waals surface area (Å²) < 4.78 is 23.2. The predicted molar refractivity (Wildman–Crippen MR) is 298 cm³/mol. The van der Waals surface area contributed by atoms with Gasteiger partial charge >= 0.3 is 0 Å². The Balaban J connectivity index is 3.76. The van der Waals surface area contributed by atoms with E-state index in [0.29, 0.717) is 17.4 Å². The molecule has 8 nitrogen and oxygen atoms in total. The van der Waals surface area contributed by atoms with Crippen LogP contribution in [0.2, 0.25) is 0 Å². The van der Waals surface area contributed by atoms with Gasteiger partial charge in [0.2, 0.25) is 5.91 Å². The maximum absolute atomic E-state index is 12.9. The molecule has 0 saturated carbocycles. The van der Waals surface area contributed by atoms with Gasteiger partial charge in [0.05, 0.1) is 39.9 Å². The van der Waals surface area contributed by atoms with Crippen LogP contribution in [0.15, 0.2) is 48.6 Å². The molecule has 9 heteroatoms. The Morgan fingerprint density at radius 2 is 0.870 bits per heavy atom. The standard InChI is InChI=1S/C60H115N2O6P/c1-6-8-10-12-14-16-17-18-19-20-21-22-23-24-25-26-27-28-29-30-31-32-33-34-35-36-37-38-39-40-41-42-43-44-45-46-48-50-52-54-60(64)61-58(57-68-69(65,66)67-56-55-62(3,4)5)59(63)53-51-49-47-15-13-11-9-7-2/h13,15,17-18,20-21,51,53,58-59,63H,6-12,14,16,19,22-50,52,54-57H2,1-5H3,(H-,61,64,65,66)/b15-13+,18-17-,21-20-,53-51+. The summed E-state index contributed by atoms with van der Waals surface area (Å²) in [6.07, 6.45) is 68.3. The molecule has 0 aliphatic carbocycles.